The molecule has 3 aromatic rings. The lowest BCUT2D eigenvalue weighted by molar-refractivity contribution is -0.122. The fourth-order valence-electron chi connectivity index (χ4n) is 3.03. The Hall–Kier alpha value is -2.40. The summed E-state index contributed by atoms with van der Waals surface area (Å²) in [5.41, 5.74) is 3.32. The molecule has 2 heterocycles. The van der Waals surface area contributed by atoms with Crippen LogP contribution in [0.5, 0.6) is 0 Å². The predicted octanol–water partition coefficient (Wildman–Crippen LogP) is 3.75. The van der Waals surface area contributed by atoms with Crippen molar-refractivity contribution in [3.05, 3.63) is 64.9 Å². The summed E-state index contributed by atoms with van der Waals surface area (Å²) < 4.78 is 5.34. The molecule has 1 amide bonds. The number of nitrogens with zero attached hydrogens (tertiary/aromatic N) is 1. The topological polar surface area (TPSA) is 55.1 Å². The summed E-state index contributed by atoms with van der Waals surface area (Å²) >= 11 is 1.52. The van der Waals surface area contributed by atoms with E-state index in [4.69, 9.17) is 4.42 Å². The number of carbonyl (C=O) groups excluding carboxylic acids is 1. The highest BCUT2D eigenvalue weighted by Crippen LogP contribution is 2.33. The molecule has 1 aliphatic carbocycles. The van der Waals surface area contributed by atoms with Crippen LogP contribution in [0.1, 0.15) is 29.2 Å². The zero-order valence-electron chi connectivity index (χ0n) is 12.5. The number of furan rings is 1. The molecule has 5 heteroatoms. The van der Waals surface area contributed by atoms with Gasteiger partial charge < -0.3 is 9.73 Å². The first-order chi connectivity index (χ1) is 11.3. The first-order valence-corrected chi connectivity index (χ1v) is 8.53. The highest BCUT2D eigenvalue weighted by atomic mass is 32.1. The van der Waals surface area contributed by atoms with Crippen LogP contribution in [0.15, 0.2) is 52.5 Å². The van der Waals surface area contributed by atoms with Crippen LogP contribution in [0.3, 0.4) is 0 Å². The van der Waals surface area contributed by atoms with Gasteiger partial charge in [0, 0.05) is 5.38 Å². The quantitative estimate of drug-likeness (QED) is 0.795. The molecule has 4 nitrogen and oxygen atoms in total. The number of hydrogen-bond donors (Lipinski definition) is 1. The summed E-state index contributed by atoms with van der Waals surface area (Å²) in [5.74, 6) is 0.814. The smallest absolute Gasteiger partial charge is 0.227 e. The lowest BCUT2D eigenvalue weighted by Gasteiger charge is -2.11. The summed E-state index contributed by atoms with van der Waals surface area (Å²) in [6.45, 7) is 0.453. The Labute approximate surface area is 138 Å². The summed E-state index contributed by atoms with van der Waals surface area (Å²) in [6, 6.07) is 11.9. The van der Waals surface area contributed by atoms with E-state index >= 15 is 0 Å². The highest BCUT2D eigenvalue weighted by molar-refractivity contribution is 7.13. The van der Waals surface area contributed by atoms with Gasteiger partial charge in [-0.05, 0) is 36.1 Å². The third kappa shape index (κ3) is 2.80. The van der Waals surface area contributed by atoms with E-state index in [2.05, 4.69) is 22.4 Å². The number of amides is 1. The third-order valence-electron chi connectivity index (χ3n) is 4.18. The number of rotatable bonds is 4. The number of fused-ring (bicyclic) bond motifs is 1. The van der Waals surface area contributed by atoms with E-state index in [1.165, 1.54) is 22.5 Å². The molecule has 0 spiro atoms. The van der Waals surface area contributed by atoms with Crippen LogP contribution in [-0.2, 0) is 17.8 Å². The SMILES string of the molecule is O=C(NCc1csc(-c2ccco2)n1)[C@@H]1CCc2ccccc21. The van der Waals surface area contributed by atoms with Crippen LogP contribution < -0.4 is 5.32 Å². The van der Waals surface area contributed by atoms with Crippen LogP contribution in [-0.4, -0.2) is 10.9 Å². The van der Waals surface area contributed by atoms with Crippen LogP contribution >= 0.6 is 11.3 Å². The number of aromatic nitrogens is 1. The third-order valence-corrected chi connectivity index (χ3v) is 5.08. The van der Waals surface area contributed by atoms with Crippen molar-refractivity contribution in [3.8, 4) is 10.8 Å². The van der Waals surface area contributed by atoms with E-state index in [0.717, 1.165) is 29.3 Å². The maximum Gasteiger partial charge on any atom is 0.227 e. The average Bonchev–Trinajstić information content (AvgIpc) is 3.31. The fourth-order valence-corrected chi connectivity index (χ4v) is 3.82. The van der Waals surface area contributed by atoms with E-state index < -0.39 is 0 Å². The van der Waals surface area contributed by atoms with Crippen LogP contribution in [0, 0.1) is 0 Å². The van der Waals surface area contributed by atoms with Crippen molar-refractivity contribution in [2.24, 2.45) is 0 Å². The van der Waals surface area contributed by atoms with Gasteiger partial charge in [-0.1, -0.05) is 24.3 Å². The van der Waals surface area contributed by atoms with Crippen LogP contribution in [0.25, 0.3) is 10.8 Å². The van der Waals surface area contributed by atoms with Gasteiger partial charge in [-0.25, -0.2) is 4.98 Å². The van der Waals surface area contributed by atoms with E-state index in [9.17, 15) is 4.79 Å². The van der Waals surface area contributed by atoms with Crippen molar-refractivity contribution >= 4 is 17.2 Å². The molecular weight excluding hydrogens is 308 g/mol. The van der Waals surface area contributed by atoms with Gasteiger partial charge in [-0.15, -0.1) is 11.3 Å². The molecule has 0 aliphatic heterocycles. The Bertz CT molecular complexity index is 823. The molecule has 0 fully saturated rings. The Balaban J connectivity index is 1.41. The summed E-state index contributed by atoms with van der Waals surface area (Å²) in [4.78, 5) is 17.0. The van der Waals surface area contributed by atoms with Gasteiger partial charge in [0.2, 0.25) is 5.91 Å². The van der Waals surface area contributed by atoms with Crippen molar-refractivity contribution in [1.29, 1.82) is 0 Å². The number of carbonyl (C=O) groups is 1. The molecule has 1 aromatic carbocycles. The molecule has 1 aliphatic rings. The largest absolute Gasteiger partial charge is 0.462 e. The van der Waals surface area contributed by atoms with Gasteiger partial charge in [0.1, 0.15) is 0 Å². The first kappa shape index (κ1) is 14.2. The second-order valence-electron chi connectivity index (χ2n) is 5.63. The maximum atomic E-state index is 12.5. The van der Waals surface area contributed by atoms with Crippen molar-refractivity contribution < 1.29 is 9.21 Å². The number of thiazole rings is 1. The summed E-state index contributed by atoms with van der Waals surface area (Å²) in [6.07, 6.45) is 3.50. The number of benzene rings is 1. The van der Waals surface area contributed by atoms with Gasteiger partial charge in [-0.3, -0.25) is 4.79 Å². The minimum absolute atomic E-state index is 0.0330. The lowest BCUT2D eigenvalue weighted by atomic mass is 10.0. The first-order valence-electron chi connectivity index (χ1n) is 7.65. The minimum atomic E-state index is -0.0330. The van der Waals surface area contributed by atoms with E-state index in [-0.39, 0.29) is 11.8 Å². The number of aryl methyl sites for hydroxylation is 1. The Morgan fingerprint density at radius 2 is 2.22 bits per heavy atom. The fraction of sp³-hybridized carbons (Fsp3) is 0.222. The molecule has 0 saturated carbocycles. The van der Waals surface area contributed by atoms with Crippen molar-refractivity contribution in [2.75, 3.05) is 0 Å². The van der Waals surface area contributed by atoms with Gasteiger partial charge >= 0.3 is 0 Å². The van der Waals surface area contributed by atoms with Gasteiger partial charge in [0.15, 0.2) is 10.8 Å². The van der Waals surface area contributed by atoms with Gasteiger partial charge in [0.05, 0.1) is 24.4 Å². The molecule has 4 rings (SSSR count). The van der Waals surface area contributed by atoms with Gasteiger partial charge in [-0.2, -0.15) is 0 Å². The molecule has 0 saturated heterocycles. The highest BCUT2D eigenvalue weighted by Gasteiger charge is 2.27. The molecule has 2 aromatic heterocycles. The summed E-state index contributed by atoms with van der Waals surface area (Å²) in [5, 5.41) is 5.81. The lowest BCUT2D eigenvalue weighted by Crippen LogP contribution is -2.28. The van der Waals surface area contributed by atoms with Gasteiger partial charge in [0.25, 0.3) is 0 Å². The van der Waals surface area contributed by atoms with Crippen LogP contribution in [0.2, 0.25) is 0 Å². The molecule has 1 N–H and O–H groups in total. The second-order valence-corrected chi connectivity index (χ2v) is 6.49. The molecular formula is C18H16N2O2S. The minimum Gasteiger partial charge on any atom is -0.462 e. The number of hydrogen-bond acceptors (Lipinski definition) is 4. The molecule has 23 heavy (non-hydrogen) atoms. The molecule has 1 atom stereocenters. The van der Waals surface area contributed by atoms with E-state index in [1.54, 1.807) is 6.26 Å². The normalized spacial score (nSPS) is 16.3. The van der Waals surface area contributed by atoms with Crippen molar-refractivity contribution in [3.63, 3.8) is 0 Å². The van der Waals surface area contributed by atoms with Crippen molar-refractivity contribution in [1.82, 2.24) is 10.3 Å². The molecule has 116 valence electrons. The van der Waals surface area contributed by atoms with Crippen LogP contribution in [0.4, 0.5) is 0 Å². The zero-order chi connectivity index (χ0) is 15.6. The number of nitrogens with one attached hydrogen (secondary N) is 1. The van der Waals surface area contributed by atoms with Crippen molar-refractivity contribution in [2.45, 2.75) is 25.3 Å². The monoisotopic (exact) mass is 324 g/mol. The molecule has 0 unspecified atom stereocenters. The predicted molar refractivity (Wildman–Crippen MR) is 89.2 cm³/mol. The Morgan fingerprint density at radius 1 is 1.30 bits per heavy atom. The standard InChI is InChI=1S/C18H16N2O2S/c21-17(15-8-7-12-4-1-2-5-14(12)15)19-10-13-11-23-18(20-13)16-6-3-9-22-16/h1-6,9,11,15H,7-8,10H2,(H,19,21)/t15-/m1/s1. The molecule has 0 radical (unpaired) electrons. The Morgan fingerprint density at radius 3 is 3.09 bits per heavy atom. The zero-order valence-corrected chi connectivity index (χ0v) is 13.3. The maximum absolute atomic E-state index is 12.5. The van der Waals surface area contributed by atoms with E-state index in [0.29, 0.717) is 6.54 Å². The average molecular weight is 324 g/mol. The van der Waals surface area contributed by atoms with E-state index in [1.807, 2.05) is 29.6 Å². The Kier molecular flexibility index (Phi) is 3.71. The second kappa shape index (κ2) is 6.01. The molecule has 0 bridgehead atoms. The summed E-state index contributed by atoms with van der Waals surface area (Å²) in [7, 11) is 0.